The molecule has 1 aliphatic heterocycles. The molecule has 0 aliphatic carbocycles. The van der Waals surface area contributed by atoms with Crippen LogP contribution in [-0.2, 0) is 9.53 Å². The first kappa shape index (κ1) is 19.5. The number of allylic oxidation sites excluding steroid dienone is 1. The zero-order valence-electron chi connectivity index (χ0n) is 15.0. The van der Waals surface area contributed by atoms with Gasteiger partial charge in [-0.1, -0.05) is 17.4 Å². The molecule has 0 aromatic carbocycles. The topological polar surface area (TPSA) is 60.7 Å². The lowest BCUT2D eigenvalue weighted by atomic mass is 10.0. The third kappa shape index (κ3) is 3.47. The van der Waals surface area contributed by atoms with Crippen LogP contribution in [0.15, 0.2) is 54.5 Å². The largest absolute Gasteiger partial charge is 0.463 e. The second-order valence-electron chi connectivity index (χ2n) is 5.96. The van der Waals surface area contributed by atoms with Crippen LogP contribution in [0.1, 0.15) is 29.6 Å². The first-order valence-corrected chi connectivity index (χ1v) is 11.8. The number of fused-ring (bicyclic) bond motifs is 1. The standard InChI is InChI=1S/C19H15BrN2O3S3/c1-3-25-18(24)15-10(2)21-19-22(16(15)12-5-4-8-26-12)17(23)13(28-19)9-11-6-7-14(20)27-11/h4-9,16H,3H2,1-2H3/b13-9-/t16-/m1/s1. The number of nitrogens with zero attached hydrogens (tertiary/aromatic N) is 2. The van der Waals surface area contributed by atoms with Crippen LogP contribution < -0.4 is 14.9 Å². The summed E-state index contributed by atoms with van der Waals surface area (Å²) < 4.78 is 8.47. The van der Waals surface area contributed by atoms with E-state index in [9.17, 15) is 9.59 Å². The maximum absolute atomic E-state index is 13.3. The van der Waals surface area contributed by atoms with Crippen LogP contribution in [0.2, 0.25) is 0 Å². The summed E-state index contributed by atoms with van der Waals surface area (Å²) in [6.45, 7) is 3.83. The van der Waals surface area contributed by atoms with E-state index in [1.807, 2.05) is 35.7 Å². The molecule has 9 heteroatoms. The number of hydrogen-bond acceptors (Lipinski definition) is 7. The fraction of sp³-hybridized carbons (Fsp3) is 0.211. The van der Waals surface area contributed by atoms with Gasteiger partial charge in [0, 0.05) is 9.75 Å². The average molecular weight is 495 g/mol. The molecule has 144 valence electrons. The Balaban J connectivity index is 1.95. The number of halogens is 1. The maximum atomic E-state index is 13.3. The van der Waals surface area contributed by atoms with Crippen LogP contribution in [0.25, 0.3) is 6.08 Å². The van der Waals surface area contributed by atoms with E-state index in [2.05, 4.69) is 20.9 Å². The maximum Gasteiger partial charge on any atom is 0.338 e. The second-order valence-corrected chi connectivity index (χ2v) is 10.4. The van der Waals surface area contributed by atoms with Crippen molar-refractivity contribution in [3.63, 3.8) is 0 Å². The van der Waals surface area contributed by atoms with Crippen LogP contribution in [0.3, 0.4) is 0 Å². The number of thiazole rings is 1. The lowest BCUT2D eigenvalue weighted by molar-refractivity contribution is -0.139. The first-order chi connectivity index (χ1) is 13.5. The highest BCUT2D eigenvalue weighted by atomic mass is 79.9. The van der Waals surface area contributed by atoms with E-state index in [0.717, 1.165) is 13.5 Å². The van der Waals surface area contributed by atoms with Gasteiger partial charge in [-0.3, -0.25) is 9.36 Å². The van der Waals surface area contributed by atoms with E-state index in [-0.39, 0.29) is 12.2 Å². The van der Waals surface area contributed by atoms with Crippen molar-refractivity contribution in [3.05, 3.63) is 74.1 Å². The molecule has 28 heavy (non-hydrogen) atoms. The van der Waals surface area contributed by atoms with E-state index < -0.39 is 12.0 Å². The number of hydrogen-bond donors (Lipinski definition) is 0. The highest BCUT2D eigenvalue weighted by molar-refractivity contribution is 9.11. The fourth-order valence-electron chi connectivity index (χ4n) is 3.04. The summed E-state index contributed by atoms with van der Waals surface area (Å²) in [5, 5.41) is 1.94. The molecule has 4 heterocycles. The molecule has 5 nitrogen and oxygen atoms in total. The van der Waals surface area contributed by atoms with Crippen LogP contribution >= 0.6 is 49.9 Å². The summed E-state index contributed by atoms with van der Waals surface area (Å²) in [7, 11) is 0. The van der Waals surface area contributed by atoms with Crippen molar-refractivity contribution < 1.29 is 9.53 Å². The van der Waals surface area contributed by atoms with Gasteiger partial charge in [-0.15, -0.1) is 22.7 Å². The zero-order valence-corrected chi connectivity index (χ0v) is 19.0. The summed E-state index contributed by atoms with van der Waals surface area (Å²) in [5.74, 6) is -0.432. The Morgan fingerprint density at radius 2 is 2.18 bits per heavy atom. The smallest absolute Gasteiger partial charge is 0.338 e. The van der Waals surface area contributed by atoms with Gasteiger partial charge in [-0.05, 0) is 59.4 Å². The van der Waals surface area contributed by atoms with Crippen molar-refractivity contribution in [2.45, 2.75) is 19.9 Å². The van der Waals surface area contributed by atoms with Gasteiger partial charge < -0.3 is 4.74 Å². The predicted octanol–water partition coefficient (Wildman–Crippen LogP) is 3.68. The van der Waals surface area contributed by atoms with Crippen molar-refractivity contribution in [3.8, 4) is 0 Å². The molecule has 3 aromatic rings. The molecule has 0 radical (unpaired) electrons. The third-order valence-electron chi connectivity index (χ3n) is 4.20. The third-order valence-corrected chi connectivity index (χ3v) is 7.68. The number of esters is 1. The number of ether oxygens (including phenoxy) is 1. The molecule has 0 saturated carbocycles. The molecule has 0 amide bonds. The van der Waals surface area contributed by atoms with Crippen LogP contribution in [0.4, 0.5) is 0 Å². The van der Waals surface area contributed by atoms with Gasteiger partial charge in [-0.25, -0.2) is 9.79 Å². The number of carbonyl (C=O) groups excluding carboxylic acids is 1. The van der Waals surface area contributed by atoms with Gasteiger partial charge in [0.1, 0.15) is 6.04 Å². The quantitative estimate of drug-likeness (QED) is 0.519. The molecule has 3 aromatic heterocycles. The minimum absolute atomic E-state index is 0.152. The molecular weight excluding hydrogens is 480 g/mol. The molecule has 0 unspecified atom stereocenters. The lowest BCUT2D eigenvalue weighted by Gasteiger charge is -2.23. The fourth-order valence-corrected chi connectivity index (χ4v) is 6.35. The number of carbonyl (C=O) groups is 1. The number of aromatic nitrogens is 1. The van der Waals surface area contributed by atoms with E-state index in [4.69, 9.17) is 4.74 Å². The van der Waals surface area contributed by atoms with Gasteiger partial charge in [-0.2, -0.15) is 0 Å². The molecular formula is C19H15BrN2O3S3. The molecule has 0 N–H and O–H groups in total. The summed E-state index contributed by atoms with van der Waals surface area (Å²) in [6.07, 6.45) is 1.87. The Labute approximate surface area is 181 Å². The van der Waals surface area contributed by atoms with Gasteiger partial charge >= 0.3 is 5.97 Å². The summed E-state index contributed by atoms with van der Waals surface area (Å²) in [4.78, 5) is 33.0. The molecule has 1 aliphatic rings. The predicted molar refractivity (Wildman–Crippen MR) is 117 cm³/mol. The van der Waals surface area contributed by atoms with Crippen molar-refractivity contribution in [1.29, 1.82) is 0 Å². The highest BCUT2D eigenvalue weighted by Crippen LogP contribution is 2.33. The van der Waals surface area contributed by atoms with Crippen molar-refractivity contribution in [2.75, 3.05) is 6.61 Å². The van der Waals surface area contributed by atoms with Crippen LogP contribution in [-0.4, -0.2) is 17.1 Å². The van der Waals surface area contributed by atoms with Crippen LogP contribution in [0.5, 0.6) is 0 Å². The summed E-state index contributed by atoms with van der Waals surface area (Å²) in [5.41, 5.74) is 0.853. The lowest BCUT2D eigenvalue weighted by Crippen LogP contribution is -2.39. The Bertz CT molecular complexity index is 1250. The SMILES string of the molecule is CCOC(=O)C1=C(C)N=c2s/c(=C\c3ccc(Br)s3)c(=O)n2[C@@H]1c1cccs1. The second kappa shape index (κ2) is 7.90. The highest BCUT2D eigenvalue weighted by Gasteiger charge is 2.33. The molecule has 0 bridgehead atoms. The molecule has 0 saturated heterocycles. The average Bonchev–Trinajstić information content (AvgIpc) is 3.37. The van der Waals surface area contributed by atoms with E-state index in [0.29, 0.717) is 20.6 Å². The van der Waals surface area contributed by atoms with E-state index in [1.165, 1.54) is 22.7 Å². The molecule has 1 atom stereocenters. The van der Waals surface area contributed by atoms with E-state index >= 15 is 0 Å². The Morgan fingerprint density at radius 3 is 2.82 bits per heavy atom. The van der Waals surface area contributed by atoms with Gasteiger partial charge in [0.25, 0.3) is 5.56 Å². The first-order valence-electron chi connectivity index (χ1n) is 8.48. The Kier molecular flexibility index (Phi) is 5.50. The summed E-state index contributed by atoms with van der Waals surface area (Å²) in [6, 6.07) is 7.23. The summed E-state index contributed by atoms with van der Waals surface area (Å²) >= 11 is 7.84. The molecule has 4 rings (SSSR count). The minimum Gasteiger partial charge on any atom is -0.463 e. The van der Waals surface area contributed by atoms with Crippen molar-refractivity contribution >= 4 is 62.0 Å². The minimum atomic E-state index is -0.521. The number of thiophene rings is 2. The van der Waals surface area contributed by atoms with Crippen molar-refractivity contribution in [1.82, 2.24) is 4.57 Å². The van der Waals surface area contributed by atoms with Crippen molar-refractivity contribution in [2.24, 2.45) is 4.99 Å². The number of rotatable bonds is 4. The zero-order chi connectivity index (χ0) is 19.8. The molecule has 0 fully saturated rings. The van der Waals surface area contributed by atoms with E-state index in [1.54, 1.807) is 29.8 Å². The van der Waals surface area contributed by atoms with Crippen LogP contribution in [0, 0.1) is 0 Å². The Hall–Kier alpha value is -1.81. The monoisotopic (exact) mass is 494 g/mol. The molecule has 0 spiro atoms. The van der Waals surface area contributed by atoms with Gasteiger partial charge in [0.05, 0.1) is 26.2 Å². The Morgan fingerprint density at radius 1 is 1.36 bits per heavy atom. The normalized spacial score (nSPS) is 16.8. The van der Waals surface area contributed by atoms with Gasteiger partial charge in [0.15, 0.2) is 4.80 Å². The van der Waals surface area contributed by atoms with Gasteiger partial charge in [0.2, 0.25) is 0 Å².